The summed E-state index contributed by atoms with van der Waals surface area (Å²) in [5.41, 5.74) is 3.98. The Labute approximate surface area is 174 Å². The number of benzene rings is 2. The number of amides is 2. The van der Waals surface area contributed by atoms with Crippen LogP contribution in [0.15, 0.2) is 79.1 Å². The highest BCUT2D eigenvalue weighted by Gasteiger charge is 2.13. The van der Waals surface area contributed by atoms with Gasteiger partial charge in [-0.25, -0.2) is 0 Å². The van der Waals surface area contributed by atoms with Gasteiger partial charge in [0, 0.05) is 29.9 Å². The first-order valence-electron chi connectivity index (χ1n) is 9.55. The zero-order chi connectivity index (χ0) is 20.9. The van der Waals surface area contributed by atoms with Crippen molar-refractivity contribution in [3.63, 3.8) is 0 Å². The number of nitrogens with zero attached hydrogens (tertiary/aromatic N) is 2. The van der Waals surface area contributed by atoms with Gasteiger partial charge in [0.25, 0.3) is 11.8 Å². The fourth-order valence-corrected chi connectivity index (χ4v) is 3.19. The average Bonchev–Trinajstić information content (AvgIpc) is 2.78. The molecule has 2 heterocycles. The monoisotopic (exact) mass is 396 g/mol. The Morgan fingerprint density at radius 3 is 2.57 bits per heavy atom. The van der Waals surface area contributed by atoms with Crippen molar-refractivity contribution in [2.45, 2.75) is 13.5 Å². The third-order valence-corrected chi connectivity index (χ3v) is 4.67. The van der Waals surface area contributed by atoms with Gasteiger partial charge in [0.15, 0.2) is 0 Å². The van der Waals surface area contributed by atoms with Gasteiger partial charge in [0.2, 0.25) is 0 Å². The lowest BCUT2D eigenvalue weighted by Gasteiger charge is -2.09. The van der Waals surface area contributed by atoms with Crippen molar-refractivity contribution in [1.29, 1.82) is 0 Å². The van der Waals surface area contributed by atoms with Gasteiger partial charge in [-0.2, -0.15) is 0 Å². The van der Waals surface area contributed by atoms with Crippen LogP contribution in [0.5, 0.6) is 0 Å². The number of aromatic nitrogens is 2. The first-order valence-corrected chi connectivity index (χ1v) is 9.55. The fraction of sp³-hybridized carbons (Fsp3) is 0.0833. The smallest absolute Gasteiger partial charge is 0.270 e. The van der Waals surface area contributed by atoms with E-state index in [0.29, 0.717) is 23.3 Å². The van der Waals surface area contributed by atoms with E-state index in [2.05, 4.69) is 20.6 Å². The molecule has 4 aromatic rings. The third-order valence-electron chi connectivity index (χ3n) is 4.67. The van der Waals surface area contributed by atoms with E-state index < -0.39 is 0 Å². The third kappa shape index (κ3) is 4.33. The van der Waals surface area contributed by atoms with Gasteiger partial charge in [0.05, 0.1) is 11.2 Å². The molecule has 0 unspecified atom stereocenters. The van der Waals surface area contributed by atoms with Crippen molar-refractivity contribution < 1.29 is 9.59 Å². The summed E-state index contributed by atoms with van der Waals surface area (Å²) in [7, 11) is 0. The molecule has 6 heteroatoms. The van der Waals surface area contributed by atoms with Gasteiger partial charge in [0.1, 0.15) is 5.69 Å². The van der Waals surface area contributed by atoms with Crippen LogP contribution in [0.4, 0.5) is 5.69 Å². The van der Waals surface area contributed by atoms with Crippen LogP contribution in [0.2, 0.25) is 0 Å². The molecule has 0 radical (unpaired) electrons. The maximum atomic E-state index is 12.8. The van der Waals surface area contributed by atoms with Crippen LogP contribution < -0.4 is 10.6 Å². The quantitative estimate of drug-likeness (QED) is 0.531. The molecule has 0 aliphatic carbocycles. The highest BCUT2D eigenvalue weighted by molar-refractivity contribution is 6.09. The second-order valence-corrected chi connectivity index (χ2v) is 6.94. The second kappa shape index (κ2) is 8.53. The van der Waals surface area contributed by atoms with E-state index in [1.54, 1.807) is 18.3 Å². The first-order chi connectivity index (χ1) is 14.6. The van der Waals surface area contributed by atoms with Gasteiger partial charge in [-0.1, -0.05) is 48.0 Å². The van der Waals surface area contributed by atoms with E-state index in [-0.39, 0.29) is 17.5 Å². The lowest BCUT2D eigenvalue weighted by atomic mass is 10.1. The molecule has 0 saturated heterocycles. The first kappa shape index (κ1) is 19.3. The van der Waals surface area contributed by atoms with E-state index in [9.17, 15) is 9.59 Å². The average molecular weight is 396 g/mol. The standard InChI is InChI=1S/C24H20N4O2/c1-16-5-2-6-17(13-16)15-27-24(30)21-14-19(10-12-25-21)23(29)28-20-9-3-7-18-8-4-11-26-22(18)20/h2-14H,15H2,1H3,(H,27,30)(H,28,29). The maximum absolute atomic E-state index is 12.8. The molecule has 0 aliphatic heterocycles. The second-order valence-electron chi connectivity index (χ2n) is 6.94. The Morgan fingerprint density at radius 2 is 1.70 bits per heavy atom. The number of para-hydroxylation sites is 1. The number of pyridine rings is 2. The Hall–Kier alpha value is -4.06. The number of hydrogen-bond donors (Lipinski definition) is 2. The van der Waals surface area contributed by atoms with Gasteiger partial charge >= 0.3 is 0 Å². The van der Waals surface area contributed by atoms with Crippen molar-refractivity contribution >= 4 is 28.4 Å². The highest BCUT2D eigenvalue weighted by atomic mass is 16.2. The highest BCUT2D eigenvalue weighted by Crippen LogP contribution is 2.21. The van der Waals surface area contributed by atoms with Crippen LogP contribution in [0, 0.1) is 6.92 Å². The number of anilines is 1. The zero-order valence-electron chi connectivity index (χ0n) is 16.4. The van der Waals surface area contributed by atoms with Gasteiger partial charge < -0.3 is 10.6 Å². The lowest BCUT2D eigenvalue weighted by Crippen LogP contribution is -2.24. The predicted molar refractivity (Wildman–Crippen MR) is 116 cm³/mol. The molecule has 30 heavy (non-hydrogen) atoms. The Bertz CT molecular complexity index is 1230. The summed E-state index contributed by atoms with van der Waals surface area (Å²) in [6.45, 7) is 2.39. The van der Waals surface area contributed by atoms with Crippen molar-refractivity contribution in [3.05, 3.63) is 102 Å². The molecule has 0 fully saturated rings. The summed E-state index contributed by atoms with van der Waals surface area (Å²) in [6.07, 6.45) is 3.14. The van der Waals surface area contributed by atoms with Crippen LogP contribution in [0.1, 0.15) is 32.0 Å². The maximum Gasteiger partial charge on any atom is 0.270 e. The molecule has 4 rings (SSSR count). The van der Waals surface area contributed by atoms with Crippen molar-refractivity contribution in [3.8, 4) is 0 Å². The summed E-state index contributed by atoms with van der Waals surface area (Å²) in [4.78, 5) is 33.7. The number of aryl methyl sites for hydroxylation is 1. The molecular weight excluding hydrogens is 376 g/mol. The minimum atomic E-state index is -0.335. The van der Waals surface area contributed by atoms with Crippen LogP contribution in [0.3, 0.4) is 0 Å². The Balaban J connectivity index is 1.48. The van der Waals surface area contributed by atoms with Crippen LogP contribution in [0.25, 0.3) is 10.9 Å². The number of fused-ring (bicyclic) bond motifs is 1. The summed E-state index contributed by atoms with van der Waals surface area (Å²) in [5.74, 6) is -0.665. The minimum absolute atomic E-state index is 0.186. The summed E-state index contributed by atoms with van der Waals surface area (Å²) < 4.78 is 0. The summed E-state index contributed by atoms with van der Waals surface area (Å²) >= 11 is 0. The fourth-order valence-electron chi connectivity index (χ4n) is 3.19. The van der Waals surface area contributed by atoms with Crippen molar-refractivity contribution in [1.82, 2.24) is 15.3 Å². The number of hydrogen-bond acceptors (Lipinski definition) is 4. The van der Waals surface area contributed by atoms with Crippen LogP contribution in [-0.4, -0.2) is 21.8 Å². The molecule has 0 saturated carbocycles. The largest absolute Gasteiger partial charge is 0.347 e. The zero-order valence-corrected chi connectivity index (χ0v) is 16.4. The molecular formula is C24H20N4O2. The minimum Gasteiger partial charge on any atom is -0.347 e. The van der Waals surface area contributed by atoms with E-state index in [4.69, 9.17) is 0 Å². The lowest BCUT2D eigenvalue weighted by molar-refractivity contribution is 0.0946. The Kier molecular flexibility index (Phi) is 5.48. The van der Waals surface area contributed by atoms with Crippen molar-refractivity contribution in [2.24, 2.45) is 0 Å². The molecule has 2 aromatic heterocycles. The van der Waals surface area contributed by atoms with Gasteiger partial charge in [-0.05, 0) is 36.8 Å². The summed E-state index contributed by atoms with van der Waals surface area (Å²) in [6, 6.07) is 20.3. The van der Waals surface area contributed by atoms with E-state index >= 15 is 0 Å². The van der Waals surface area contributed by atoms with Crippen LogP contribution >= 0.6 is 0 Å². The molecule has 0 aliphatic rings. The topological polar surface area (TPSA) is 84.0 Å². The molecule has 148 valence electrons. The van der Waals surface area contributed by atoms with E-state index in [1.807, 2.05) is 55.5 Å². The van der Waals surface area contributed by atoms with Crippen molar-refractivity contribution in [2.75, 3.05) is 5.32 Å². The molecule has 0 atom stereocenters. The predicted octanol–water partition coefficient (Wildman–Crippen LogP) is 4.12. The SMILES string of the molecule is Cc1cccc(CNC(=O)c2cc(C(=O)Nc3cccc4cccnc34)ccn2)c1. The normalized spacial score (nSPS) is 10.6. The van der Waals surface area contributed by atoms with Gasteiger partial charge in [-0.15, -0.1) is 0 Å². The van der Waals surface area contributed by atoms with E-state index in [0.717, 1.165) is 16.5 Å². The molecule has 6 nitrogen and oxygen atoms in total. The van der Waals surface area contributed by atoms with E-state index in [1.165, 1.54) is 12.3 Å². The molecule has 0 spiro atoms. The molecule has 2 N–H and O–H groups in total. The number of carbonyl (C=O) groups excluding carboxylic acids is 2. The molecule has 0 bridgehead atoms. The molecule has 2 amide bonds. The number of rotatable bonds is 5. The number of nitrogens with one attached hydrogen (secondary N) is 2. The van der Waals surface area contributed by atoms with Gasteiger partial charge in [-0.3, -0.25) is 19.6 Å². The van der Waals surface area contributed by atoms with Crippen LogP contribution in [-0.2, 0) is 6.54 Å². The Morgan fingerprint density at radius 1 is 0.867 bits per heavy atom. The number of carbonyl (C=O) groups is 2. The summed E-state index contributed by atoms with van der Waals surface area (Å²) in [5, 5.41) is 6.64. The molecule has 2 aromatic carbocycles.